The van der Waals surface area contributed by atoms with Crippen LogP contribution in [0.1, 0.15) is 26.7 Å². The molecule has 31 heavy (non-hydrogen) atoms. The molecule has 0 unspecified atom stereocenters. The topological polar surface area (TPSA) is 128 Å². The van der Waals surface area contributed by atoms with Crippen molar-refractivity contribution in [1.29, 1.82) is 0 Å². The van der Waals surface area contributed by atoms with Crippen molar-refractivity contribution in [3.63, 3.8) is 0 Å². The van der Waals surface area contributed by atoms with Gasteiger partial charge in [0.25, 0.3) is 5.91 Å². The van der Waals surface area contributed by atoms with Gasteiger partial charge in [-0.2, -0.15) is 0 Å². The molecule has 3 rings (SSSR count). The molecule has 0 spiro atoms. The Labute approximate surface area is 186 Å². The van der Waals surface area contributed by atoms with Gasteiger partial charge in [-0.25, -0.2) is 4.79 Å². The van der Waals surface area contributed by atoms with Crippen LogP contribution in [-0.4, -0.2) is 45.4 Å². The summed E-state index contributed by atoms with van der Waals surface area (Å²) in [5, 5.41) is 14.2. The maximum Gasteiger partial charge on any atom is 0.337 e. The van der Waals surface area contributed by atoms with Crippen molar-refractivity contribution in [3.05, 3.63) is 58.8 Å². The van der Waals surface area contributed by atoms with E-state index in [0.29, 0.717) is 21.7 Å². The summed E-state index contributed by atoms with van der Waals surface area (Å²) in [6.45, 7) is 0.145. The van der Waals surface area contributed by atoms with E-state index >= 15 is 0 Å². The summed E-state index contributed by atoms with van der Waals surface area (Å²) in [7, 11) is 2.99. The first-order valence-corrected chi connectivity index (χ1v) is 10.3. The number of thioether (sulfide) groups is 1. The number of anilines is 1. The van der Waals surface area contributed by atoms with Crippen LogP contribution in [0.3, 0.4) is 0 Å². The molecule has 1 aromatic carbocycles. The minimum absolute atomic E-state index is 0.0313. The number of methoxy groups -OCH3 is 1. The Morgan fingerprint density at radius 3 is 2.77 bits per heavy atom. The summed E-state index contributed by atoms with van der Waals surface area (Å²) in [5.41, 5.74) is 0.568. The van der Waals surface area contributed by atoms with E-state index in [1.165, 1.54) is 31.6 Å². The predicted octanol–water partition coefficient (Wildman–Crippen LogP) is 2.51. The number of rotatable bonds is 8. The Balaban J connectivity index is 1.55. The fraction of sp³-hybridized carbons (Fsp3) is 0.211. The second-order valence-electron chi connectivity index (χ2n) is 6.14. The third-order valence-corrected chi connectivity index (χ3v) is 5.42. The molecule has 0 aliphatic carbocycles. The molecule has 0 fully saturated rings. The zero-order valence-corrected chi connectivity index (χ0v) is 18.1. The number of benzene rings is 1. The van der Waals surface area contributed by atoms with E-state index in [0.717, 1.165) is 11.8 Å². The summed E-state index contributed by atoms with van der Waals surface area (Å²) in [6, 6.07) is 7.63. The van der Waals surface area contributed by atoms with Crippen LogP contribution in [0.25, 0.3) is 0 Å². The molecule has 0 saturated carbocycles. The number of nitrogens with zero attached hydrogens (tertiary/aromatic N) is 3. The summed E-state index contributed by atoms with van der Waals surface area (Å²) < 4.78 is 11.4. The SMILES string of the molecule is COC(=O)c1ccc(Cl)c(NC(=O)CSc2nnc(CNC(=O)c3ccco3)n2C)c1. The number of carbonyl (C=O) groups excluding carboxylic acids is 3. The van der Waals surface area contributed by atoms with E-state index in [1.54, 1.807) is 23.7 Å². The molecular formula is C19H18ClN5O5S. The molecule has 2 N–H and O–H groups in total. The summed E-state index contributed by atoms with van der Waals surface area (Å²) in [4.78, 5) is 35.9. The van der Waals surface area contributed by atoms with Gasteiger partial charge in [-0.15, -0.1) is 10.2 Å². The van der Waals surface area contributed by atoms with Gasteiger partial charge in [-0.3, -0.25) is 9.59 Å². The quantitative estimate of drug-likeness (QED) is 0.385. The fourth-order valence-electron chi connectivity index (χ4n) is 2.46. The Hall–Kier alpha value is -3.31. The molecule has 0 bridgehead atoms. The van der Waals surface area contributed by atoms with Crippen LogP contribution in [0.15, 0.2) is 46.2 Å². The van der Waals surface area contributed by atoms with Crippen molar-refractivity contribution < 1.29 is 23.5 Å². The Morgan fingerprint density at radius 2 is 2.06 bits per heavy atom. The van der Waals surface area contributed by atoms with E-state index in [4.69, 9.17) is 16.0 Å². The van der Waals surface area contributed by atoms with E-state index in [-0.39, 0.29) is 35.4 Å². The highest BCUT2D eigenvalue weighted by atomic mass is 35.5. The van der Waals surface area contributed by atoms with Crippen molar-refractivity contribution in [2.24, 2.45) is 7.05 Å². The number of halogens is 1. The number of esters is 1. The first kappa shape index (κ1) is 22.4. The lowest BCUT2D eigenvalue weighted by Gasteiger charge is -2.09. The molecule has 0 atom stereocenters. The number of ether oxygens (including phenoxy) is 1. The molecule has 3 aromatic rings. The number of hydrogen-bond acceptors (Lipinski definition) is 8. The highest BCUT2D eigenvalue weighted by Crippen LogP contribution is 2.24. The second kappa shape index (κ2) is 10.1. The number of carbonyl (C=O) groups is 3. The third-order valence-electron chi connectivity index (χ3n) is 4.07. The van der Waals surface area contributed by atoms with Gasteiger partial charge in [0.15, 0.2) is 16.7 Å². The van der Waals surface area contributed by atoms with Crippen molar-refractivity contribution in [3.8, 4) is 0 Å². The van der Waals surface area contributed by atoms with Gasteiger partial charge in [0.1, 0.15) is 0 Å². The van der Waals surface area contributed by atoms with Crippen LogP contribution in [0.5, 0.6) is 0 Å². The summed E-state index contributed by atoms with van der Waals surface area (Å²) in [5.74, 6) is -0.506. The monoisotopic (exact) mass is 463 g/mol. The lowest BCUT2D eigenvalue weighted by atomic mass is 10.2. The molecule has 0 radical (unpaired) electrons. The van der Waals surface area contributed by atoms with Crippen molar-refractivity contribution >= 4 is 46.8 Å². The molecule has 2 amide bonds. The molecular weight excluding hydrogens is 446 g/mol. The minimum Gasteiger partial charge on any atom is -0.465 e. The van der Waals surface area contributed by atoms with Gasteiger partial charge in [0.2, 0.25) is 5.91 Å². The molecule has 2 aromatic heterocycles. The zero-order chi connectivity index (χ0) is 22.4. The van der Waals surface area contributed by atoms with Crippen LogP contribution in [-0.2, 0) is 23.1 Å². The molecule has 0 aliphatic heterocycles. The number of furan rings is 1. The smallest absolute Gasteiger partial charge is 0.337 e. The van der Waals surface area contributed by atoms with Crippen LogP contribution in [0.2, 0.25) is 5.02 Å². The van der Waals surface area contributed by atoms with Gasteiger partial charge in [-0.1, -0.05) is 23.4 Å². The second-order valence-corrected chi connectivity index (χ2v) is 7.49. The summed E-state index contributed by atoms with van der Waals surface area (Å²) in [6.07, 6.45) is 1.41. The van der Waals surface area contributed by atoms with Gasteiger partial charge in [-0.05, 0) is 30.3 Å². The van der Waals surface area contributed by atoms with E-state index < -0.39 is 5.97 Å². The lowest BCUT2D eigenvalue weighted by Crippen LogP contribution is -2.24. The average molecular weight is 464 g/mol. The highest BCUT2D eigenvalue weighted by molar-refractivity contribution is 7.99. The minimum atomic E-state index is -0.535. The Kier molecular flexibility index (Phi) is 7.32. The van der Waals surface area contributed by atoms with Gasteiger partial charge in [0, 0.05) is 7.05 Å². The molecule has 12 heteroatoms. The summed E-state index contributed by atoms with van der Waals surface area (Å²) >= 11 is 7.25. The van der Waals surface area contributed by atoms with Crippen molar-refractivity contribution in [1.82, 2.24) is 20.1 Å². The Morgan fingerprint density at radius 1 is 1.26 bits per heavy atom. The van der Waals surface area contributed by atoms with E-state index in [2.05, 4.69) is 25.6 Å². The first-order chi connectivity index (χ1) is 14.9. The molecule has 10 nitrogen and oxygen atoms in total. The van der Waals surface area contributed by atoms with Crippen molar-refractivity contribution in [2.75, 3.05) is 18.2 Å². The number of hydrogen-bond donors (Lipinski definition) is 2. The van der Waals surface area contributed by atoms with Crippen LogP contribution in [0, 0.1) is 0 Å². The maximum atomic E-state index is 12.3. The normalized spacial score (nSPS) is 10.5. The van der Waals surface area contributed by atoms with Gasteiger partial charge >= 0.3 is 5.97 Å². The number of amides is 2. The standard InChI is InChI=1S/C19H18ClN5O5S/c1-25-15(9-21-17(27)14-4-3-7-30-14)23-24-19(25)31-10-16(26)22-13-8-11(18(28)29-2)5-6-12(13)20/h3-8H,9-10H2,1-2H3,(H,21,27)(H,22,26). The lowest BCUT2D eigenvalue weighted by molar-refractivity contribution is -0.113. The molecule has 0 aliphatic rings. The van der Waals surface area contributed by atoms with Crippen LogP contribution in [0.4, 0.5) is 5.69 Å². The average Bonchev–Trinajstić information content (AvgIpc) is 3.42. The van der Waals surface area contributed by atoms with Crippen LogP contribution < -0.4 is 10.6 Å². The zero-order valence-electron chi connectivity index (χ0n) is 16.5. The van der Waals surface area contributed by atoms with Crippen molar-refractivity contribution in [2.45, 2.75) is 11.7 Å². The van der Waals surface area contributed by atoms with E-state index in [1.807, 2.05) is 0 Å². The maximum absolute atomic E-state index is 12.3. The fourth-order valence-corrected chi connectivity index (χ4v) is 3.36. The first-order valence-electron chi connectivity index (χ1n) is 8.89. The Bertz CT molecular complexity index is 1100. The third kappa shape index (κ3) is 5.64. The largest absolute Gasteiger partial charge is 0.465 e. The number of nitrogens with one attached hydrogen (secondary N) is 2. The molecule has 162 valence electrons. The van der Waals surface area contributed by atoms with Gasteiger partial charge < -0.3 is 24.4 Å². The highest BCUT2D eigenvalue weighted by Gasteiger charge is 2.15. The molecule has 0 saturated heterocycles. The number of aromatic nitrogens is 3. The van der Waals surface area contributed by atoms with Gasteiger partial charge in [0.05, 0.1) is 41.9 Å². The predicted molar refractivity (Wildman–Crippen MR) is 113 cm³/mol. The molecule has 2 heterocycles. The van der Waals surface area contributed by atoms with Crippen LogP contribution >= 0.6 is 23.4 Å². The van der Waals surface area contributed by atoms with E-state index in [9.17, 15) is 14.4 Å².